The zero-order valence-corrected chi connectivity index (χ0v) is 9.99. The van der Waals surface area contributed by atoms with Crippen molar-refractivity contribution in [3.05, 3.63) is 23.5 Å². The van der Waals surface area contributed by atoms with Gasteiger partial charge in [0.15, 0.2) is 0 Å². The number of anilines is 1. The van der Waals surface area contributed by atoms with E-state index in [9.17, 15) is 0 Å². The first kappa shape index (κ1) is 10.1. The van der Waals surface area contributed by atoms with E-state index < -0.39 is 0 Å². The summed E-state index contributed by atoms with van der Waals surface area (Å²) in [7, 11) is 0. The summed E-state index contributed by atoms with van der Waals surface area (Å²) in [5.41, 5.74) is 7.70. The number of aliphatic imine (C=N–C) groups is 1. The summed E-state index contributed by atoms with van der Waals surface area (Å²) in [6.45, 7) is 5.82. The van der Waals surface area contributed by atoms with E-state index in [0.29, 0.717) is 0 Å². The molecule has 17 heavy (non-hydrogen) atoms. The van der Waals surface area contributed by atoms with Gasteiger partial charge in [0.05, 0.1) is 29.8 Å². The van der Waals surface area contributed by atoms with Crippen molar-refractivity contribution in [3.8, 4) is 0 Å². The molecule has 0 saturated heterocycles. The van der Waals surface area contributed by atoms with Crippen molar-refractivity contribution in [2.45, 2.75) is 13.8 Å². The fourth-order valence-electron chi connectivity index (χ4n) is 2.08. The molecule has 0 aliphatic carbocycles. The third-order valence-electron chi connectivity index (χ3n) is 2.98. The first-order chi connectivity index (χ1) is 8.24. The van der Waals surface area contributed by atoms with Gasteiger partial charge >= 0.3 is 0 Å². The zero-order valence-electron chi connectivity index (χ0n) is 9.99. The summed E-state index contributed by atoms with van der Waals surface area (Å²) in [4.78, 5) is 11.9. The molecular weight excluding hydrogens is 214 g/mol. The average Bonchev–Trinajstić information content (AvgIpc) is 2.91. The Morgan fingerprint density at radius 2 is 2.24 bits per heavy atom. The lowest BCUT2D eigenvalue weighted by molar-refractivity contribution is 0.557. The molecule has 2 heterocycles. The maximum absolute atomic E-state index is 4.50. The maximum Gasteiger partial charge on any atom is 0.104 e. The van der Waals surface area contributed by atoms with E-state index in [1.807, 2.05) is 18.3 Å². The normalized spacial score (nSPS) is 14.8. The number of aromatic amines is 1. The number of fused-ring (bicyclic) bond motifs is 1. The topological polar surface area (TPSA) is 56.3 Å². The van der Waals surface area contributed by atoms with Gasteiger partial charge in [0.2, 0.25) is 0 Å². The smallest absolute Gasteiger partial charge is 0.104 e. The van der Waals surface area contributed by atoms with Crippen LogP contribution in [0.15, 0.2) is 17.1 Å². The summed E-state index contributed by atoms with van der Waals surface area (Å²) in [6.07, 6.45) is 1.83. The highest BCUT2D eigenvalue weighted by atomic mass is 15.5. The number of benzene rings is 1. The van der Waals surface area contributed by atoms with Gasteiger partial charge in [0, 0.05) is 5.56 Å². The highest BCUT2D eigenvalue weighted by molar-refractivity contribution is 5.84. The summed E-state index contributed by atoms with van der Waals surface area (Å²) >= 11 is 0. The fourth-order valence-corrected chi connectivity index (χ4v) is 2.08. The number of aryl methyl sites for hydroxylation is 2. The molecule has 0 atom stereocenters. The Hall–Kier alpha value is -2.04. The standard InChI is InChI=1S/C12H15N5/c1-8-10(16-17-6-5-13-7-17)3-4-11-12(8)15-9(2)14-11/h3-4,7,16H,5-6H2,1-2H3,(H,14,15). The van der Waals surface area contributed by atoms with Crippen LogP contribution in [0, 0.1) is 13.8 Å². The molecule has 2 N–H and O–H groups in total. The van der Waals surface area contributed by atoms with Gasteiger partial charge < -0.3 is 4.98 Å². The van der Waals surface area contributed by atoms with E-state index in [1.165, 1.54) is 0 Å². The molecule has 5 heteroatoms. The Morgan fingerprint density at radius 3 is 3.00 bits per heavy atom. The predicted molar refractivity (Wildman–Crippen MR) is 69.3 cm³/mol. The molecule has 2 aromatic rings. The number of aromatic nitrogens is 2. The van der Waals surface area contributed by atoms with E-state index in [2.05, 4.69) is 39.4 Å². The van der Waals surface area contributed by atoms with Crippen LogP contribution in [0.25, 0.3) is 11.0 Å². The number of imidazole rings is 1. The molecule has 1 aliphatic rings. The first-order valence-electron chi connectivity index (χ1n) is 5.73. The Morgan fingerprint density at radius 1 is 1.35 bits per heavy atom. The zero-order chi connectivity index (χ0) is 11.8. The van der Waals surface area contributed by atoms with Crippen molar-refractivity contribution in [1.82, 2.24) is 15.0 Å². The summed E-state index contributed by atoms with van der Waals surface area (Å²) < 4.78 is 0. The van der Waals surface area contributed by atoms with Gasteiger partial charge in [-0.05, 0) is 26.0 Å². The molecule has 1 aromatic heterocycles. The molecule has 0 fully saturated rings. The van der Waals surface area contributed by atoms with Gasteiger partial charge in [0.1, 0.15) is 12.2 Å². The molecule has 88 valence electrons. The van der Waals surface area contributed by atoms with Gasteiger partial charge in [-0.1, -0.05) is 0 Å². The van der Waals surface area contributed by atoms with Crippen molar-refractivity contribution >= 4 is 23.1 Å². The van der Waals surface area contributed by atoms with Crippen molar-refractivity contribution < 1.29 is 0 Å². The third-order valence-corrected chi connectivity index (χ3v) is 2.98. The van der Waals surface area contributed by atoms with E-state index in [1.54, 1.807) is 0 Å². The van der Waals surface area contributed by atoms with E-state index in [-0.39, 0.29) is 0 Å². The number of nitrogens with zero attached hydrogens (tertiary/aromatic N) is 3. The first-order valence-corrected chi connectivity index (χ1v) is 5.73. The van der Waals surface area contributed by atoms with Gasteiger partial charge in [-0.3, -0.25) is 15.4 Å². The van der Waals surface area contributed by atoms with Gasteiger partial charge in [-0.2, -0.15) is 0 Å². The van der Waals surface area contributed by atoms with Crippen LogP contribution in [0.1, 0.15) is 11.4 Å². The molecule has 5 nitrogen and oxygen atoms in total. The van der Waals surface area contributed by atoms with Crippen LogP contribution in [-0.2, 0) is 0 Å². The minimum atomic E-state index is 0.857. The molecular formula is C12H15N5. The molecule has 0 bridgehead atoms. The van der Waals surface area contributed by atoms with Gasteiger partial charge in [-0.15, -0.1) is 0 Å². The van der Waals surface area contributed by atoms with Crippen LogP contribution in [-0.4, -0.2) is 34.4 Å². The second kappa shape index (κ2) is 3.76. The summed E-state index contributed by atoms with van der Waals surface area (Å²) in [5, 5.41) is 1.99. The average molecular weight is 229 g/mol. The lowest BCUT2D eigenvalue weighted by atomic mass is 10.1. The van der Waals surface area contributed by atoms with Crippen LogP contribution < -0.4 is 5.43 Å². The fraction of sp³-hybridized carbons (Fsp3) is 0.333. The summed E-state index contributed by atoms with van der Waals surface area (Å²) in [6, 6.07) is 4.12. The van der Waals surface area contributed by atoms with Crippen LogP contribution in [0.2, 0.25) is 0 Å². The molecule has 3 rings (SSSR count). The van der Waals surface area contributed by atoms with Crippen molar-refractivity contribution in [2.24, 2.45) is 4.99 Å². The molecule has 0 unspecified atom stereocenters. The molecule has 0 saturated carbocycles. The van der Waals surface area contributed by atoms with Gasteiger partial charge in [0.25, 0.3) is 0 Å². The lowest BCUT2D eigenvalue weighted by Crippen LogP contribution is -2.26. The number of rotatable bonds is 2. The van der Waals surface area contributed by atoms with E-state index >= 15 is 0 Å². The number of H-pyrrole nitrogens is 1. The quantitative estimate of drug-likeness (QED) is 0.826. The SMILES string of the molecule is Cc1nc2c(C)c(NN3C=NCC3)ccc2[nH]1. The second-order valence-corrected chi connectivity index (χ2v) is 4.28. The van der Waals surface area contributed by atoms with Gasteiger partial charge in [-0.25, -0.2) is 4.98 Å². The molecule has 0 radical (unpaired) electrons. The van der Waals surface area contributed by atoms with Crippen LogP contribution in [0.3, 0.4) is 0 Å². The Labute approximate surface area is 99.5 Å². The Kier molecular flexibility index (Phi) is 2.24. The maximum atomic E-state index is 4.50. The van der Waals surface area contributed by atoms with Crippen molar-refractivity contribution in [1.29, 1.82) is 0 Å². The van der Waals surface area contributed by atoms with Crippen molar-refractivity contribution in [2.75, 3.05) is 18.5 Å². The minimum absolute atomic E-state index is 0.857. The largest absolute Gasteiger partial charge is 0.342 e. The Balaban J connectivity index is 1.98. The highest BCUT2D eigenvalue weighted by Gasteiger charge is 2.10. The molecule has 0 spiro atoms. The monoisotopic (exact) mass is 229 g/mol. The number of hydrogen-bond acceptors (Lipinski definition) is 4. The van der Waals surface area contributed by atoms with Crippen LogP contribution in [0.4, 0.5) is 5.69 Å². The van der Waals surface area contributed by atoms with E-state index in [4.69, 9.17) is 0 Å². The lowest BCUT2D eigenvalue weighted by Gasteiger charge is -2.18. The predicted octanol–water partition coefficient (Wildman–Crippen LogP) is 1.85. The third kappa shape index (κ3) is 1.73. The number of hydrazine groups is 1. The highest BCUT2D eigenvalue weighted by Crippen LogP contribution is 2.24. The number of nitrogens with one attached hydrogen (secondary N) is 2. The number of hydrogen-bond donors (Lipinski definition) is 2. The molecule has 1 aliphatic heterocycles. The van der Waals surface area contributed by atoms with E-state index in [0.717, 1.165) is 41.2 Å². The van der Waals surface area contributed by atoms with Crippen LogP contribution in [0.5, 0.6) is 0 Å². The Bertz CT molecular complexity index is 584. The summed E-state index contributed by atoms with van der Waals surface area (Å²) in [5.74, 6) is 0.947. The molecule has 1 aromatic carbocycles. The van der Waals surface area contributed by atoms with Crippen molar-refractivity contribution in [3.63, 3.8) is 0 Å². The minimum Gasteiger partial charge on any atom is -0.342 e. The van der Waals surface area contributed by atoms with Crippen LogP contribution >= 0.6 is 0 Å². The second-order valence-electron chi connectivity index (χ2n) is 4.28. The molecule has 0 amide bonds.